The van der Waals surface area contributed by atoms with Crippen LogP contribution in [0.2, 0.25) is 0 Å². The minimum Gasteiger partial charge on any atom is -0.437 e. The van der Waals surface area contributed by atoms with E-state index in [9.17, 15) is 20.1 Å². The summed E-state index contributed by atoms with van der Waals surface area (Å²) >= 11 is 0. The van der Waals surface area contributed by atoms with Gasteiger partial charge in [-0.15, -0.1) is 0 Å². The van der Waals surface area contributed by atoms with Crippen molar-refractivity contribution in [3.05, 3.63) is 93.3 Å². The van der Waals surface area contributed by atoms with E-state index in [4.69, 9.17) is 20.2 Å². The van der Waals surface area contributed by atoms with Gasteiger partial charge in [0.15, 0.2) is 11.5 Å². The quantitative estimate of drug-likeness (QED) is 0.120. The van der Waals surface area contributed by atoms with Crippen molar-refractivity contribution in [3.8, 4) is 35.4 Å². The van der Waals surface area contributed by atoms with Crippen LogP contribution < -0.4 is 20.1 Å². The Kier molecular flexibility index (Phi) is 11.9. The Morgan fingerprint density at radius 3 is 2.72 bits per heavy atom. The number of aryl methyl sites for hydroxylation is 1. The number of aliphatic imine (C=N–C) groups is 2. The molecule has 1 fully saturated rings. The molecular formula is C51H59N4O6+. The van der Waals surface area contributed by atoms with Gasteiger partial charge < -0.3 is 30.5 Å². The number of nitrogens with two attached hydrogens (primary N) is 1. The lowest BCUT2D eigenvalue weighted by atomic mass is 9.73. The van der Waals surface area contributed by atoms with Gasteiger partial charge in [0.25, 0.3) is 6.23 Å². The first kappa shape index (κ1) is 41.5. The minimum atomic E-state index is -1.05. The summed E-state index contributed by atoms with van der Waals surface area (Å²) in [5.41, 5.74) is 13.9. The first-order valence-corrected chi connectivity index (χ1v) is 22.6. The predicted molar refractivity (Wildman–Crippen MR) is 234 cm³/mol. The Bertz CT molecular complexity index is 2330. The number of quaternary nitrogens is 1. The summed E-state index contributed by atoms with van der Waals surface area (Å²) in [5.74, 6) is 10.3. The molecule has 0 amide bonds. The Morgan fingerprint density at radius 2 is 1.90 bits per heavy atom. The molecule has 7 aliphatic rings. The van der Waals surface area contributed by atoms with Crippen molar-refractivity contribution in [3.63, 3.8) is 0 Å². The standard InChI is InChI=1S/C51H58N4O6/c1-3-4-5-8-37(48(59)38-12-9-31(2)25-45(38)58)44(57)16-10-32-11-18-46-47(26-32)61-50-41(51(22-24-60-46)20-6-7-21-51)15-17-43(56)35-13-14-36-34(19-23-53-49(36)52)39(35)27-33-28-54-42-30-55(50)29-40(33)42/h9,11-14,18,23,26,28,30-31,37-38,41,43,45,48-50,56,58-59H,3-8,10,16,19-21,25,27,29,52H2,1-2H3/p+1. The molecule has 1 saturated carbocycles. The van der Waals surface area contributed by atoms with Gasteiger partial charge in [0.05, 0.1) is 17.6 Å². The van der Waals surface area contributed by atoms with E-state index >= 15 is 0 Å². The van der Waals surface area contributed by atoms with Crippen LogP contribution >= 0.6 is 0 Å². The maximum absolute atomic E-state index is 14.0. The average Bonchev–Trinajstić information content (AvgIpc) is 4.00. The number of hydrogen-bond donors (Lipinski definition) is 5. The highest BCUT2D eigenvalue weighted by atomic mass is 16.5. The van der Waals surface area contributed by atoms with Gasteiger partial charge in [0.1, 0.15) is 48.5 Å². The number of unbranched alkanes of at least 4 members (excludes halogenated alkanes) is 2. The highest BCUT2D eigenvalue weighted by molar-refractivity contribution is 5.87. The van der Waals surface area contributed by atoms with Crippen molar-refractivity contribution in [2.75, 3.05) is 6.54 Å². The molecule has 0 saturated heterocycles. The van der Waals surface area contributed by atoms with E-state index in [1.807, 2.05) is 54.9 Å². The molecule has 9 rings (SSSR count). The molecule has 2 aromatic carbocycles. The van der Waals surface area contributed by atoms with E-state index < -0.39 is 53.9 Å². The third-order valence-electron chi connectivity index (χ3n) is 14.4. The van der Waals surface area contributed by atoms with Crippen LogP contribution in [0.4, 0.5) is 0 Å². The molecule has 2 bridgehead atoms. The SMILES string of the molecule is CCCCCC(C(=O)CCc1ccc2c(c1)OC1C(C#CC(O)c3ccc4c(c3CC3=C5C[NH+]1C=C5N=C3)CC=NC4N)C1(C#CO2)CCCC1)C(O)C1C=CC(C)CC1O. The van der Waals surface area contributed by atoms with Crippen LogP contribution in [0.25, 0.3) is 0 Å². The lowest BCUT2D eigenvalue weighted by Gasteiger charge is -2.36. The molecule has 2 aromatic rings. The second kappa shape index (κ2) is 17.5. The van der Waals surface area contributed by atoms with E-state index in [0.29, 0.717) is 50.1 Å². The summed E-state index contributed by atoms with van der Waals surface area (Å²) in [7, 11) is 0. The smallest absolute Gasteiger partial charge is 0.252 e. The molecule has 1 spiro atoms. The topological polar surface area (TPSA) is 151 Å². The normalized spacial score (nSPS) is 29.8. The number of aliphatic hydroxyl groups excluding tert-OH is 3. The number of ketones is 1. The van der Waals surface area contributed by atoms with Crippen LogP contribution in [-0.2, 0) is 24.1 Å². The van der Waals surface area contributed by atoms with Crippen molar-refractivity contribution >= 4 is 18.2 Å². The molecule has 0 aromatic heterocycles. The summed E-state index contributed by atoms with van der Waals surface area (Å²) in [5, 5.41) is 34.5. The van der Waals surface area contributed by atoms with Crippen molar-refractivity contribution < 1.29 is 34.5 Å². The number of nitrogens with one attached hydrogen (secondary N) is 1. The zero-order valence-corrected chi connectivity index (χ0v) is 35.4. The van der Waals surface area contributed by atoms with E-state index in [1.54, 1.807) is 0 Å². The van der Waals surface area contributed by atoms with Crippen molar-refractivity contribution in [1.82, 2.24) is 0 Å². The molecule has 10 nitrogen and oxygen atoms in total. The zero-order chi connectivity index (χ0) is 42.3. The van der Waals surface area contributed by atoms with E-state index in [-0.39, 0.29) is 18.1 Å². The molecular weight excluding hydrogens is 765 g/mol. The third kappa shape index (κ3) is 8.18. The summed E-state index contributed by atoms with van der Waals surface area (Å²) in [6.07, 6.45) is 19.0. The number of fused-ring (bicyclic) bond motifs is 8. The van der Waals surface area contributed by atoms with Crippen LogP contribution in [0, 0.1) is 53.0 Å². The molecule has 10 heteroatoms. The number of rotatable bonds is 10. The lowest BCUT2D eigenvalue weighted by Crippen LogP contribution is -3.12. The fraction of sp³-hybridized carbons (Fsp3) is 0.510. The summed E-state index contributed by atoms with van der Waals surface area (Å²) in [6, 6.07) is 9.75. The number of allylic oxidation sites excluding steroid dienone is 2. The molecule has 10 atom stereocenters. The number of carbonyl (C=O) groups excluding carboxylic acids is 1. The van der Waals surface area contributed by atoms with Gasteiger partial charge in [-0.1, -0.05) is 94.1 Å². The van der Waals surface area contributed by atoms with Crippen molar-refractivity contribution in [2.24, 2.45) is 44.8 Å². The van der Waals surface area contributed by atoms with Gasteiger partial charge in [0, 0.05) is 49.1 Å². The maximum Gasteiger partial charge on any atom is 0.252 e. The number of Topliss-reactive ketones (excluding diaryl/α,β-unsaturated/α-hetero) is 1. The lowest BCUT2D eigenvalue weighted by molar-refractivity contribution is -0.891. The number of benzene rings is 2. The van der Waals surface area contributed by atoms with Crippen molar-refractivity contribution in [2.45, 2.75) is 128 Å². The zero-order valence-electron chi connectivity index (χ0n) is 35.4. The molecule has 6 N–H and O–H groups in total. The average molecular weight is 824 g/mol. The maximum atomic E-state index is 14.0. The molecule has 0 radical (unpaired) electrons. The van der Waals surface area contributed by atoms with Crippen LogP contribution in [0.15, 0.2) is 75.5 Å². The van der Waals surface area contributed by atoms with Gasteiger partial charge in [-0.25, -0.2) is 0 Å². The van der Waals surface area contributed by atoms with E-state index in [0.717, 1.165) is 94.5 Å². The fourth-order valence-corrected chi connectivity index (χ4v) is 10.9. The fourth-order valence-electron chi connectivity index (χ4n) is 10.9. The minimum absolute atomic E-state index is 0.00756. The first-order chi connectivity index (χ1) is 29.6. The van der Waals surface area contributed by atoms with Crippen LogP contribution in [-0.4, -0.2) is 58.5 Å². The second-order valence-electron chi connectivity index (χ2n) is 18.4. The van der Waals surface area contributed by atoms with Crippen molar-refractivity contribution in [1.29, 1.82) is 0 Å². The van der Waals surface area contributed by atoms with Crippen LogP contribution in [0.3, 0.4) is 0 Å². The van der Waals surface area contributed by atoms with Gasteiger partial charge >= 0.3 is 0 Å². The Labute approximate surface area is 359 Å². The number of ether oxygens (including phenoxy) is 2. The summed E-state index contributed by atoms with van der Waals surface area (Å²) < 4.78 is 13.4. The number of hydrogen-bond acceptors (Lipinski definition) is 9. The predicted octanol–water partition coefficient (Wildman–Crippen LogP) is 5.55. The number of nitrogens with zero attached hydrogens (tertiary/aromatic N) is 2. The molecule has 61 heavy (non-hydrogen) atoms. The monoisotopic (exact) mass is 823 g/mol. The van der Waals surface area contributed by atoms with Gasteiger partial charge in [-0.2, -0.15) is 0 Å². The second-order valence-corrected chi connectivity index (χ2v) is 18.4. The van der Waals surface area contributed by atoms with Gasteiger partial charge in [-0.05, 0) is 83.5 Å². The number of aliphatic hydroxyl groups is 3. The third-order valence-corrected chi connectivity index (χ3v) is 14.4. The molecule has 5 heterocycles. The summed E-state index contributed by atoms with van der Waals surface area (Å²) in [6.45, 7) is 4.84. The Morgan fingerprint density at radius 1 is 1.07 bits per heavy atom. The summed E-state index contributed by atoms with van der Waals surface area (Å²) in [4.78, 5) is 24.5. The van der Waals surface area contributed by atoms with E-state index in [1.165, 1.54) is 0 Å². The number of carbonyl (C=O) groups is 1. The van der Waals surface area contributed by atoms with Gasteiger partial charge in [-0.3, -0.25) is 19.7 Å². The molecule has 318 valence electrons. The van der Waals surface area contributed by atoms with E-state index in [2.05, 4.69) is 48.9 Å². The highest BCUT2D eigenvalue weighted by Gasteiger charge is 2.51. The Hall–Kier alpha value is -4.81. The van der Waals surface area contributed by atoms with Gasteiger partial charge in [0.2, 0.25) is 0 Å². The Balaban J connectivity index is 1.04. The van der Waals surface area contributed by atoms with Crippen LogP contribution in [0.1, 0.15) is 118 Å². The first-order valence-electron chi connectivity index (χ1n) is 22.6. The molecule has 5 aliphatic heterocycles. The molecule has 10 unspecified atom stereocenters. The highest BCUT2D eigenvalue weighted by Crippen LogP contribution is 2.47. The van der Waals surface area contributed by atoms with Crippen LogP contribution in [0.5, 0.6) is 11.5 Å². The largest absolute Gasteiger partial charge is 0.437 e. The molecule has 2 aliphatic carbocycles.